The fourth-order valence-electron chi connectivity index (χ4n) is 2.23. The normalized spacial score (nSPS) is 25.9. The van der Waals surface area contributed by atoms with Crippen molar-refractivity contribution < 1.29 is 4.74 Å². The Kier molecular flexibility index (Phi) is 2.57. The van der Waals surface area contributed by atoms with Gasteiger partial charge in [-0.3, -0.25) is 5.73 Å². The van der Waals surface area contributed by atoms with Gasteiger partial charge in [0.1, 0.15) is 5.72 Å². The van der Waals surface area contributed by atoms with Crippen molar-refractivity contribution in [2.45, 2.75) is 31.9 Å². The molecule has 0 aliphatic heterocycles. The number of aryl methyl sites for hydroxylation is 1. The second kappa shape index (κ2) is 3.71. The van der Waals surface area contributed by atoms with Gasteiger partial charge in [-0.2, -0.15) is 0 Å². The van der Waals surface area contributed by atoms with Gasteiger partial charge in [0.2, 0.25) is 0 Å². The Bertz CT molecular complexity index is 324. The van der Waals surface area contributed by atoms with E-state index in [1.807, 2.05) is 13.0 Å². The second-order valence-corrected chi connectivity index (χ2v) is 3.83. The first kappa shape index (κ1) is 9.69. The highest BCUT2D eigenvalue weighted by molar-refractivity contribution is 5.34. The molecule has 1 aliphatic rings. The van der Waals surface area contributed by atoms with E-state index in [1.54, 1.807) is 0 Å². The van der Waals surface area contributed by atoms with Gasteiger partial charge in [-0.25, -0.2) is 0 Å². The van der Waals surface area contributed by atoms with Gasteiger partial charge in [0.05, 0.1) is 0 Å². The highest BCUT2D eigenvalue weighted by atomic mass is 16.5. The molecule has 0 heterocycles. The van der Waals surface area contributed by atoms with Crippen LogP contribution in [0.5, 0.6) is 0 Å². The fourth-order valence-corrected chi connectivity index (χ4v) is 2.23. The minimum Gasteiger partial charge on any atom is -0.357 e. The van der Waals surface area contributed by atoms with Crippen LogP contribution in [0.1, 0.15) is 30.9 Å². The average Bonchev–Trinajstić information content (AvgIpc) is 2.19. The van der Waals surface area contributed by atoms with Gasteiger partial charge >= 0.3 is 0 Å². The van der Waals surface area contributed by atoms with Gasteiger partial charge in [0, 0.05) is 12.2 Å². The van der Waals surface area contributed by atoms with Crippen molar-refractivity contribution in [3.8, 4) is 0 Å². The molecule has 0 saturated heterocycles. The number of hydrogen-bond donors (Lipinski definition) is 1. The Labute approximate surface area is 85.1 Å². The topological polar surface area (TPSA) is 35.2 Å². The van der Waals surface area contributed by atoms with Crippen LogP contribution in [0, 0.1) is 0 Å². The van der Waals surface area contributed by atoms with Crippen LogP contribution >= 0.6 is 0 Å². The molecule has 1 aromatic carbocycles. The van der Waals surface area contributed by atoms with E-state index >= 15 is 0 Å². The highest BCUT2D eigenvalue weighted by Gasteiger charge is 2.32. The Hall–Kier alpha value is -0.860. The SMILES string of the molecule is CCOC1(N)CCCc2ccccc21. The molecular formula is C12H17NO. The Morgan fingerprint density at radius 3 is 3.00 bits per heavy atom. The van der Waals surface area contributed by atoms with Crippen LogP contribution < -0.4 is 5.73 Å². The maximum Gasteiger partial charge on any atom is 0.143 e. The molecule has 2 heteroatoms. The van der Waals surface area contributed by atoms with Gasteiger partial charge in [0.15, 0.2) is 0 Å². The molecule has 0 spiro atoms. The van der Waals surface area contributed by atoms with Gasteiger partial charge < -0.3 is 4.74 Å². The molecule has 0 radical (unpaired) electrons. The molecule has 2 rings (SSSR count). The second-order valence-electron chi connectivity index (χ2n) is 3.83. The maximum absolute atomic E-state index is 6.26. The van der Waals surface area contributed by atoms with Crippen LogP contribution in [0.4, 0.5) is 0 Å². The van der Waals surface area contributed by atoms with Gasteiger partial charge in [-0.1, -0.05) is 24.3 Å². The molecular weight excluding hydrogens is 174 g/mol. The van der Waals surface area contributed by atoms with E-state index in [1.165, 1.54) is 11.1 Å². The minimum atomic E-state index is -0.538. The summed E-state index contributed by atoms with van der Waals surface area (Å²) in [6, 6.07) is 8.33. The van der Waals surface area contributed by atoms with Crippen molar-refractivity contribution in [3.05, 3.63) is 35.4 Å². The first-order chi connectivity index (χ1) is 6.76. The molecule has 0 saturated carbocycles. The quantitative estimate of drug-likeness (QED) is 0.727. The fraction of sp³-hybridized carbons (Fsp3) is 0.500. The first-order valence-electron chi connectivity index (χ1n) is 5.27. The van der Waals surface area contributed by atoms with Crippen LogP contribution in [0.15, 0.2) is 24.3 Å². The minimum absolute atomic E-state index is 0.538. The predicted molar refractivity (Wildman–Crippen MR) is 56.9 cm³/mol. The monoisotopic (exact) mass is 191 g/mol. The molecule has 1 unspecified atom stereocenters. The van der Waals surface area contributed by atoms with Gasteiger partial charge in [0.25, 0.3) is 0 Å². The summed E-state index contributed by atoms with van der Waals surface area (Å²) in [6.45, 7) is 2.66. The lowest BCUT2D eigenvalue weighted by molar-refractivity contribution is -0.0522. The molecule has 2 N–H and O–H groups in total. The summed E-state index contributed by atoms with van der Waals surface area (Å²) in [5.41, 5.74) is 8.24. The average molecular weight is 191 g/mol. The number of rotatable bonds is 2. The number of fused-ring (bicyclic) bond motifs is 1. The molecule has 0 aromatic heterocycles. The van der Waals surface area contributed by atoms with E-state index in [-0.39, 0.29) is 0 Å². The lowest BCUT2D eigenvalue weighted by atomic mass is 9.85. The van der Waals surface area contributed by atoms with E-state index in [0.717, 1.165) is 19.3 Å². The Morgan fingerprint density at radius 2 is 2.21 bits per heavy atom. The highest BCUT2D eigenvalue weighted by Crippen LogP contribution is 2.33. The number of ether oxygens (including phenoxy) is 1. The summed E-state index contributed by atoms with van der Waals surface area (Å²) in [5.74, 6) is 0. The van der Waals surface area contributed by atoms with Crippen LogP contribution in [-0.4, -0.2) is 6.61 Å². The number of nitrogens with two attached hydrogens (primary N) is 1. The number of hydrogen-bond acceptors (Lipinski definition) is 2. The zero-order valence-electron chi connectivity index (χ0n) is 8.62. The number of benzene rings is 1. The van der Waals surface area contributed by atoms with E-state index in [9.17, 15) is 0 Å². The molecule has 1 aromatic rings. The summed E-state index contributed by atoms with van der Waals surface area (Å²) in [7, 11) is 0. The van der Waals surface area contributed by atoms with Crippen LogP contribution in [0.2, 0.25) is 0 Å². The molecule has 0 amide bonds. The summed E-state index contributed by atoms with van der Waals surface area (Å²) in [4.78, 5) is 0. The summed E-state index contributed by atoms with van der Waals surface area (Å²) in [5, 5.41) is 0. The van der Waals surface area contributed by atoms with E-state index in [4.69, 9.17) is 10.5 Å². The van der Waals surface area contributed by atoms with E-state index in [2.05, 4.69) is 18.2 Å². The van der Waals surface area contributed by atoms with Crippen LogP contribution in [0.3, 0.4) is 0 Å². The molecule has 0 fully saturated rings. The van der Waals surface area contributed by atoms with Crippen LogP contribution in [0.25, 0.3) is 0 Å². The zero-order valence-corrected chi connectivity index (χ0v) is 8.62. The van der Waals surface area contributed by atoms with E-state index in [0.29, 0.717) is 6.61 Å². The lowest BCUT2D eigenvalue weighted by Gasteiger charge is -2.35. The molecule has 76 valence electrons. The maximum atomic E-state index is 6.26. The predicted octanol–water partition coefficient (Wildman–Crippen LogP) is 2.17. The van der Waals surface area contributed by atoms with Gasteiger partial charge in [-0.05, 0) is 31.7 Å². The van der Waals surface area contributed by atoms with Crippen molar-refractivity contribution in [1.82, 2.24) is 0 Å². The molecule has 14 heavy (non-hydrogen) atoms. The van der Waals surface area contributed by atoms with Gasteiger partial charge in [-0.15, -0.1) is 0 Å². The molecule has 0 bridgehead atoms. The van der Waals surface area contributed by atoms with Crippen molar-refractivity contribution in [1.29, 1.82) is 0 Å². The standard InChI is InChI=1S/C12H17NO/c1-2-14-12(13)9-5-7-10-6-3-4-8-11(10)12/h3-4,6,8H,2,5,7,9,13H2,1H3. The third kappa shape index (κ3) is 1.56. The third-order valence-electron chi connectivity index (χ3n) is 2.87. The Morgan fingerprint density at radius 1 is 1.43 bits per heavy atom. The molecule has 1 aliphatic carbocycles. The van der Waals surface area contributed by atoms with Crippen molar-refractivity contribution in [2.75, 3.05) is 6.61 Å². The van der Waals surface area contributed by atoms with E-state index < -0.39 is 5.72 Å². The smallest absolute Gasteiger partial charge is 0.143 e. The molecule has 2 nitrogen and oxygen atoms in total. The summed E-state index contributed by atoms with van der Waals surface area (Å²) < 4.78 is 5.67. The summed E-state index contributed by atoms with van der Waals surface area (Å²) >= 11 is 0. The van der Waals surface area contributed by atoms with Crippen molar-refractivity contribution in [2.24, 2.45) is 5.73 Å². The molecule has 1 atom stereocenters. The lowest BCUT2D eigenvalue weighted by Crippen LogP contribution is -2.42. The largest absolute Gasteiger partial charge is 0.357 e. The van der Waals surface area contributed by atoms with Crippen molar-refractivity contribution in [3.63, 3.8) is 0 Å². The summed E-state index contributed by atoms with van der Waals surface area (Å²) in [6.07, 6.45) is 3.17. The zero-order chi connectivity index (χ0) is 10.0. The van der Waals surface area contributed by atoms with Crippen LogP contribution in [-0.2, 0) is 16.9 Å². The first-order valence-corrected chi connectivity index (χ1v) is 5.27. The van der Waals surface area contributed by atoms with Crippen molar-refractivity contribution >= 4 is 0 Å². The Balaban J connectivity index is 2.39. The third-order valence-corrected chi connectivity index (χ3v) is 2.87.